The molecule has 1 saturated heterocycles. The zero-order chi connectivity index (χ0) is 17.9. The molecule has 1 aliphatic carbocycles. The Morgan fingerprint density at radius 3 is 2.69 bits per heavy atom. The van der Waals surface area contributed by atoms with Gasteiger partial charge in [-0.15, -0.1) is 0 Å². The van der Waals surface area contributed by atoms with Gasteiger partial charge in [0.15, 0.2) is 0 Å². The molecule has 3 heterocycles. The van der Waals surface area contributed by atoms with Crippen LogP contribution in [0.2, 0.25) is 0 Å². The van der Waals surface area contributed by atoms with Crippen LogP contribution in [-0.2, 0) is 6.54 Å². The van der Waals surface area contributed by atoms with Gasteiger partial charge in [-0.1, -0.05) is 19.8 Å². The first kappa shape index (κ1) is 17.5. The van der Waals surface area contributed by atoms with Crippen molar-refractivity contribution in [3.63, 3.8) is 0 Å². The highest BCUT2D eigenvalue weighted by atomic mass is 15.2. The summed E-state index contributed by atoms with van der Waals surface area (Å²) in [6.45, 7) is 6.65. The maximum Gasteiger partial charge on any atom is 0.128 e. The number of pyridine rings is 1. The molecular formula is C21H31N5. The molecule has 5 nitrogen and oxygen atoms in total. The highest BCUT2D eigenvalue weighted by molar-refractivity contribution is 5.63. The number of anilines is 1. The van der Waals surface area contributed by atoms with Gasteiger partial charge in [-0.05, 0) is 56.8 Å². The van der Waals surface area contributed by atoms with E-state index in [4.69, 9.17) is 4.98 Å². The normalized spacial score (nSPS) is 22.3. The van der Waals surface area contributed by atoms with Gasteiger partial charge in [0.1, 0.15) is 5.82 Å². The number of aromatic nitrogens is 3. The van der Waals surface area contributed by atoms with Crippen LogP contribution in [-0.4, -0.2) is 46.8 Å². The second-order valence-electron chi connectivity index (χ2n) is 8.12. The summed E-state index contributed by atoms with van der Waals surface area (Å²) < 4.78 is 0. The average Bonchev–Trinajstić information content (AvgIpc) is 3.36. The number of nitrogens with zero attached hydrogens (tertiary/aromatic N) is 4. The second-order valence-corrected chi connectivity index (χ2v) is 8.12. The van der Waals surface area contributed by atoms with E-state index in [1.165, 1.54) is 50.8 Å². The Morgan fingerprint density at radius 1 is 1.19 bits per heavy atom. The lowest BCUT2D eigenvalue weighted by atomic mass is 10.0. The Morgan fingerprint density at radius 2 is 2.00 bits per heavy atom. The fourth-order valence-electron chi connectivity index (χ4n) is 4.62. The van der Waals surface area contributed by atoms with E-state index in [0.29, 0.717) is 0 Å². The first-order valence-corrected chi connectivity index (χ1v) is 10.2. The summed E-state index contributed by atoms with van der Waals surface area (Å²) >= 11 is 0. The largest absolute Gasteiger partial charge is 0.356 e. The van der Waals surface area contributed by atoms with Crippen LogP contribution in [0, 0.1) is 11.8 Å². The van der Waals surface area contributed by atoms with E-state index in [1.54, 1.807) is 0 Å². The van der Waals surface area contributed by atoms with Crippen molar-refractivity contribution in [2.45, 2.75) is 45.6 Å². The van der Waals surface area contributed by atoms with Gasteiger partial charge in [0.25, 0.3) is 0 Å². The lowest BCUT2D eigenvalue weighted by Gasteiger charge is -2.19. The molecule has 1 aliphatic heterocycles. The van der Waals surface area contributed by atoms with Gasteiger partial charge in [-0.2, -0.15) is 5.10 Å². The molecule has 26 heavy (non-hydrogen) atoms. The number of rotatable bonds is 7. The molecular weight excluding hydrogens is 322 g/mol. The number of nitrogens with one attached hydrogen (secondary N) is 1. The molecule has 2 aromatic rings. The molecule has 0 radical (unpaired) electrons. The molecule has 4 rings (SSSR count). The van der Waals surface area contributed by atoms with E-state index in [2.05, 4.69) is 46.1 Å². The van der Waals surface area contributed by atoms with Gasteiger partial charge in [-0.25, -0.2) is 4.98 Å². The van der Waals surface area contributed by atoms with E-state index in [9.17, 15) is 0 Å². The summed E-state index contributed by atoms with van der Waals surface area (Å²) in [5.74, 6) is 2.92. The Hall–Kier alpha value is -1.88. The molecule has 0 aromatic carbocycles. The van der Waals surface area contributed by atoms with Crippen molar-refractivity contribution in [2.24, 2.45) is 11.8 Å². The molecule has 0 bridgehead atoms. The van der Waals surface area contributed by atoms with Crippen LogP contribution >= 0.6 is 0 Å². The van der Waals surface area contributed by atoms with Crippen molar-refractivity contribution < 1.29 is 0 Å². The minimum Gasteiger partial charge on any atom is -0.356 e. The predicted octanol–water partition coefficient (Wildman–Crippen LogP) is 3.94. The number of hydrogen-bond donors (Lipinski definition) is 1. The second kappa shape index (κ2) is 7.78. The molecule has 0 spiro atoms. The summed E-state index contributed by atoms with van der Waals surface area (Å²) in [5.41, 5.74) is 3.48. The Labute approximate surface area is 156 Å². The SMILES string of the molecule is CCCCN(C)Cc1cn[nH]c1-c1ccc(N2CC3CCCC3C2)nc1. The topological polar surface area (TPSA) is 48.1 Å². The first-order valence-electron chi connectivity index (χ1n) is 10.2. The zero-order valence-corrected chi connectivity index (χ0v) is 16.1. The van der Waals surface area contributed by atoms with Crippen LogP contribution in [0.25, 0.3) is 11.3 Å². The summed E-state index contributed by atoms with van der Waals surface area (Å²) in [5, 5.41) is 7.46. The molecule has 5 heteroatoms. The van der Waals surface area contributed by atoms with Crippen LogP contribution < -0.4 is 4.90 Å². The molecule has 2 atom stereocenters. The van der Waals surface area contributed by atoms with Gasteiger partial charge in [0, 0.05) is 37.0 Å². The van der Waals surface area contributed by atoms with Gasteiger partial charge in [0.05, 0.1) is 11.9 Å². The number of aromatic amines is 1. The third-order valence-corrected chi connectivity index (χ3v) is 6.14. The summed E-state index contributed by atoms with van der Waals surface area (Å²) in [4.78, 5) is 9.62. The van der Waals surface area contributed by atoms with E-state index in [0.717, 1.165) is 42.0 Å². The summed E-state index contributed by atoms with van der Waals surface area (Å²) in [7, 11) is 2.18. The van der Waals surface area contributed by atoms with Crippen molar-refractivity contribution in [3.05, 3.63) is 30.1 Å². The third-order valence-electron chi connectivity index (χ3n) is 6.14. The Bertz CT molecular complexity index is 695. The van der Waals surface area contributed by atoms with E-state index >= 15 is 0 Å². The van der Waals surface area contributed by atoms with E-state index in [-0.39, 0.29) is 0 Å². The fraction of sp³-hybridized carbons (Fsp3) is 0.619. The molecule has 2 unspecified atom stereocenters. The highest BCUT2D eigenvalue weighted by Gasteiger charge is 2.36. The lowest BCUT2D eigenvalue weighted by molar-refractivity contribution is 0.321. The van der Waals surface area contributed by atoms with Crippen molar-refractivity contribution in [3.8, 4) is 11.3 Å². The highest BCUT2D eigenvalue weighted by Crippen LogP contribution is 2.39. The van der Waals surface area contributed by atoms with Crippen LogP contribution in [0.3, 0.4) is 0 Å². The monoisotopic (exact) mass is 353 g/mol. The maximum absolute atomic E-state index is 4.78. The fourth-order valence-corrected chi connectivity index (χ4v) is 4.62. The van der Waals surface area contributed by atoms with E-state index < -0.39 is 0 Å². The smallest absolute Gasteiger partial charge is 0.128 e. The molecule has 0 amide bonds. The zero-order valence-electron chi connectivity index (χ0n) is 16.1. The van der Waals surface area contributed by atoms with Crippen molar-refractivity contribution >= 4 is 5.82 Å². The van der Waals surface area contributed by atoms with Gasteiger partial charge in [-0.3, -0.25) is 5.10 Å². The predicted molar refractivity (Wildman–Crippen MR) is 106 cm³/mol. The van der Waals surface area contributed by atoms with Crippen molar-refractivity contribution in [1.29, 1.82) is 0 Å². The molecule has 1 N–H and O–H groups in total. The summed E-state index contributed by atoms with van der Waals surface area (Å²) in [6, 6.07) is 4.38. The maximum atomic E-state index is 4.78. The van der Waals surface area contributed by atoms with Gasteiger partial charge in [0.2, 0.25) is 0 Å². The minimum absolute atomic E-state index is 0.898. The first-order chi connectivity index (χ1) is 12.7. The van der Waals surface area contributed by atoms with Crippen LogP contribution in [0.4, 0.5) is 5.82 Å². The molecule has 1 saturated carbocycles. The molecule has 140 valence electrons. The number of unbranched alkanes of at least 4 members (excludes halogenated alkanes) is 1. The molecule has 2 aromatic heterocycles. The molecule has 2 fully saturated rings. The van der Waals surface area contributed by atoms with Crippen molar-refractivity contribution in [1.82, 2.24) is 20.1 Å². The Kier molecular flexibility index (Phi) is 5.25. The number of hydrogen-bond acceptors (Lipinski definition) is 4. The third kappa shape index (κ3) is 3.63. The minimum atomic E-state index is 0.898. The van der Waals surface area contributed by atoms with Crippen LogP contribution in [0.1, 0.15) is 44.6 Å². The number of fused-ring (bicyclic) bond motifs is 1. The lowest BCUT2D eigenvalue weighted by Crippen LogP contribution is -2.21. The number of H-pyrrole nitrogens is 1. The van der Waals surface area contributed by atoms with E-state index in [1.807, 2.05) is 12.4 Å². The van der Waals surface area contributed by atoms with Crippen molar-refractivity contribution in [2.75, 3.05) is 31.6 Å². The van der Waals surface area contributed by atoms with Crippen LogP contribution in [0.5, 0.6) is 0 Å². The average molecular weight is 354 g/mol. The quantitative estimate of drug-likeness (QED) is 0.819. The van der Waals surface area contributed by atoms with Crippen LogP contribution in [0.15, 0.2) is 24.5 Å². The Balaban J connectivity index is 1.44. The standard InChI is InChI=1S/C21H31N5/c1-3-4-10-25(2)13-19-12-23-24-21(19)16-8-9-20(22-11-16)26-14-17-6-5-7-18(17)15-26/h8-9,11-12,17-18H,3-7,10,13-15H2,1-2H3,(H,23,24). The van der Waals surface area contributed by atoms with Gasteiger partial charge >= 0.3 is 0 Å². The van der Waals surface area contributed by atoms with Gasteiger partial charge < -0.3 is 9.80 Å². The summed E-state index contributed by atoms with van der Waals surface area (Å²) in [6.07, 6.45) is 10.7. The molecule has 2 aliphatic rings.